The van der Waals surface area contributed by atoms with E-state index in [0.29, 0.717) is 41.7 Å². The van der Waals surface area contributed by atoms with Crippen molar-refractivity contribution in [2.24, 2.45) is 11.7 Å². The fraction of sp³-hybridized carbons (Fsp3) is 0.308. The van der Waals surface area contributed by atoms with Gasteiger partial charge in [-0.25, -0.2) is 4.39 Å². The number of halogens is 1. The van der Waals surface area contributed by atoms with Crippen LogP contribution in [0.1, 0.15) is 52.0 Å². The molecule has 0 aliphatic heterocycles. The Morgan fingerprint density at radius 2 is 1.79 bits per heavy atom. The average Bonchev–Trinajstić information content (AvgIpc) is 3.28. The van der Waals surface area contributed by atoms with Crippen LogP contribution in [-0.4, -0.2) is 42.9 Å². The quantitative estimate of drug-likeness (QED) is 0.335. The second kappa shape index (κ2) is 12.4. The number of hydrogen-bond acceptors (Lipinski definition) is 8. The number of anilines is 2. The third kappa shape index (κ3) is 6.20. The number of nitrogen functional groups attached to an aromatic ring is 1. The van der Waals surface area contributed by atoms with E-state index < -0.39 is 29.6 Å². The zero-order valence-electron chi connectivity index (χ0n) is 21.5. The van der Waals surface area contributed by atoms with Gasteiger partial charge in [0.25, 0.3) is 11.8 Å². The summed E-state index contributed by atoms with van der Waals surface area (Å²) < 4.78 is 28.7. The van der Waals surface area contributed by atoms with Gasteiger partial charge in [-0.1, -0.05) is 26.0 Å². The minimum absolute atomic E-state index is 0.106. The molecule has 10 nitrogen and oxygen atoms in total. The molecule has 5 N–H and O–H groups in total. The molecule has 202 valence electrons. The van der Waals surface area contributed by atoms with Crippen LogP contribution in [0, 0.1) is 11.7 Å². The molecule has 38 heavy (non-hydrogen) atoms. The third-order valence-electron chi connectivity index (χ3n) is 5.73. The molecule has 1 atom stereocenters. The number of methoxy groups -OCH3 is 2. The standard InChI is InChI=1S/C26H30FN5O5S/c1-14(2)11-12-30-25(34)22(15-5-7-16(27)8-6-15)32(18-13-17(36-3)9-10-19(18)37-4)26(35)23-20(28)21(24(29)33)31-38-23/h5-10,13-14,22H,11-12,28H2,1-4H3,(H2,29,33)(H,30,34)/t22-/m1/s1. The number of rotatable bonds is 11. The molecule has 2 aromatic carbocycles. The maximum Gasteiger partial charge on any atom is 0.273 e. The number of primary amides is 1. The highest BCUT2D eigenvalue weighted by atomic mass is 32.1. The number of carbonyl (C=O) groups is 3. The van der Waals surface area contributed by atoms with Crippen LogP contribution in [0.15, 0.2) is 42.5 Å². The summed E-state index contributed by atoms with van der Waals surface area (Å²) in [5.41, 5.74) is 11.5. The van der Waals surface area contributed by atoms with Gasteiger partial charge in [0.1, 0.15) is 28.2 Å². The number of benzene rings is 2. The maximum atomic E-state index is 14.2. The highest BCUT2D eigenvalue weighted by molar-refractivity contribution is 7.09. The molecule has 12 heteroatoms. The van der Waals surface area contributed by atoms with E-state index in [9.17, 15) is 18.8 Å². The third-order valence-corrected chi connectivity index (χ3v) is 6.58. The maximum absolute atomic E-state index is 14.2. The number of hydrogen-bond donors (Lipinski definition) is 3. The van der Waals surface area contributed by atoms with Crippen LogP contribution >= 0.6 is 11.5 Å². The van der Waals surface area contributed by atoms with E-state index >= 15 is 0 Å². The molecule has 1 aromatic heterocycles. The Labute approximate surface area is 223 Å². The first-order valence-corrected chi connectivity index (χ1v) is 12.5. The molecule has 3 amide bonds. The van der Waals surface area contributed by atoms with E-state index in [0.717, 1.165) is 0 Å². The molecule has 0 unspecified atom stereocenters. The van der Waals surface area contributed by atoms with Gasteiger partial charge in [-0.05, 0) is 53.7 Å². The zero-order chi connectivity index (χ0) is 28.0. The Hall–Kier alpha value is -4.19. The van der Waals surface area contributed by atoms with Crippen LogP contribution in [0.5, 0.6) is 11.5 Å². The monoisotopic (exact) mass is 543 g/mol. The van der Waals surface area contributed by atoms with Crippen molar-refractivity contribution < 1.29 is 28.2 Å². The van der Waals surface area contributed by atoms with Gasteiger partial charge >= 0.3 is 0 Å². The Bertz CT molecular complexity index is 1310. The fourth-order valence-electron chi connectivity index (χ4n) is 3.73. The largest absolute Gasteiger partial charge is 0.497 e. The first-order valence-electron chi connectivity index (χ1n) is 11.7. The predicted molar refractivity (Wildman–Crippen MR) is 143 cm³/mol. The van der Waals surface area contributed by atoms with Crippen molar-refractivity contribution in [1.29, 1.82) is 0 Å². The summed E-state index contributed by atoms with van der Waals surface area (Å²) in [5, 5.41) is 2.87. The van der Waals surface area contributed by atoms with Crippen LogP contribution in [0.4, 0.5) is 15.8 Å². The first-order chi connectivity index (χ1) is 18.1. The molecule has 0 bridgehead atoms. The fourth-order valence-corrected chi connectivity index (χ4v) is 4.48. The number of carbonyl (C=O) groups excluding carboxylic acids is 3. The van der Waals surface area contributed by atoms with E-state index in [1.807, 2.05) is 13.8 Å². The zero-order valence-corrected chi connectivity index (χ0v) is 22.3. The van der Waals surface area contributed by atoms with Gasteiger partial charge in [0.05, 0.1) is 25.6 Å². The Morgan fingerprint density at radius 3 is 2.34 bits per heavy atom. The summed E-state index contributed by atoms with van der Waals surface area (Å²) in [4.78, 5) is 40.7. The lowest BCUT2D eigenvalue weighted by Gasteiger charge is -2.32. The molecule has 0 radical (unpaired) electrons. The molecule has 0 spiro atoms. The number of aromatic nitrogens is 1. The number of nitrogens with two attached hydrogens (primary N) is 2. The number of amides is 3. The van der Waals surface area contributed by atoms with Gasteiger partial charge in [-0.15, -0.1) is 0 Å². The van der Waals surface area contributed by atoms with Crippen LogP contribution in [-0.2, 0) is 4.79 Å². The van der Waals surface area contributed by atoms with Crippen LogP contribution in [0.25, 0.3) is 0 Å². The Balaban J connectivity index is 2.26. The van der Waals surface area contributed by atoms with Crippen LogP contribution in [0.3, 0.4) is 0 Å². The van der Waals surface area contributed by atoms with Crippen molar-refractivity contribution in [2.75, 3.05) is 31.4 Å². The van der Waals surface area contributed by atoms with E-state index in [1.54, 1.807) is 12.1 Å². The van der Waals surface area contributed by atoms with Crippen molar-refractivity contribution in [2.45, 2.75) is 26.3 Å². The molecular weight excluding hydrogens is 513 g/mol. The second-order valence-corrected chi connectivity index (χ2v) is 9.55. The van der Waals surface area contributed by atoms with E-state index in [-0.39, 0.29) is 27.7 Å². The SMILES string of the molecule is COc1ccc(OC)c(N(C(=O)c2snc(C(N)=O)c2N)[C@@H](C(=O)NCCC(C)C)c2ccc(F)cc2)c1. The van der Waals surface area contributed by atoms with E-state index in [1.165, 1.54) is 49.5 Å². The average molecular weight is 544 g/mol. The lowest BCUT2D eigenvalue weighted by Crippen LogP contribution is -2.44. The summed E-state index contributed by atoms with van der Waals surface area (Å²) in [6.07, 6.45) is 0.696. The smallest absolute Gasteiger partial charge is 0.273 e. The minimum atomic E-state index is -1.28. The van der Waals surface area contributed by atoms with Crippen LogP contribution < -0.4 is 31.2 Å². The second-order valence-electron chi connectivity index (χ2n) is 8.78. The molecule has 3 aromatic rings. The van der Waals surface area contributed by atoms with Gasteiger partial charge < -0.3 is 26.3 Å². The van der Waals surface area contributed by atoms with Crippen molar-refractivity contribution in [3.8, 4) is 11.5 Å². The number of nitrogens with one attached hydrogen (secondary N) is 1. The molecule has 0 aliphatic rings. The van der Waals surface area contributed by atoms with Crippen molar-refractivity contribution in [1.82, 2.24) is 9.69 Å². The summed E-state index contributed by atoms with van der Waals surface area (Å²) in [7, 11) is 2.87. The molecule has 0 fully saturated rings. The van der Waals surface area contributed by atoms with E-state index in [4.69, 9.17) is 20.9 Å². The highest BCUT2D eigenvalue weighted by Crippen LogP contribution is 2.40. The van der Waals surface area contributed by atoms with Crippen molar-refractivity contribution in [3.05, 3.63) is 64.4 Å². The molecule has 0 saturated heterocycles. The van der Waals surface area contributed by atoms with Crippen molar-refractivity contribution in [3.63, 3.8) is 0 Å². The Kier molecular flexibility index (Phi) is 9.24. The van der Waals surface area contributed by atoms with Gasteiger partial charge in [0.2, 0.25) is 5.91 Å². The molecule has 1 heterocycles. The number of nitrogens with zero attached hydrogens (tertiary/aromatic N) is 2. The first kappa shape index (κ1) is 28.4. The summed E-state index contributed by atoms with van der Waals surface area (Å²) in [6, 6.07) is 8.68. The molecular formula is C26H30FN5O5S. The molecule has 3 rings (SSSR count). The predicted octanol–water partition coefficient (Wildman–Crippen LogP) is 3.53. The van der Waals surface area contributed by atoms with Gasteiger partial charge in [0, 0.05) is 12.6 Å². The topological polar surface area (TPSA) is 150 Å². The van der Waals surface area contributed by atoms with Gasteiger partial charge in [0.15, 0.2) is 5.69 Å². The highest BCUT2D eigenvalue weighted by Gasteiger charge is 2.37. The summed E-state index contributed by atoms with van der Waals surface area (Å²) >= 11 is 0.677. The molecule has 0 saturated carbocycles. The van der Waals surface area contributed by atoms with Crippen molar-refractivity contribution >= 4 is 40.6 Å². The Morgan fingerprint density at radius 1 is 1.11 bits per heavy atom. The van der Waals surface area contributed by atoms with Crippen LogP contribution in [0.2, 0.25) is 0 Å². The summed E-state index contributed by atoms with van der Waals surface area (Å²) in [6.45, 7) is 4.38. The normalized spacial score (nSPS) is 11.6. The molecule has 0 aliphatic carbocycles. The van der Waals surface area contributed by atoms with Gasteiger partial charge in [-0.2, -0.15) is 4.37 Å². The lowest BCUT2D eigenvalue weighted by molar-refractivity contribution is -0.122. The van der Waals surface area contributed by atoms with Gasteiger partial charge in [-0.3, -0.25) is 19.3 Å². The van der Waals surface area contributed by atoms with E-state index in [2.05, 4.69) is 9.69 Å². The number of ether oxygens (including phenoxy) is 2. The lowest BCUT2D eigenvalue weighted by atomic mass is 10.0. The minimum Gasteiger partial charge on any atom is -0.497 e. The summed E-state index contributed by atoms with van der Waals surface area (Å²) in [5.74, 6) is -1.72.